The van der Waals surface area contributed by atoms with Crippen LogP contribution in [0.1, 0.15) is 24.1 Å². The Bertz CT molecular complexity index is 344. The van der Waals surface area contributed by atoms with Crippen LogP contribution in [-0.4, -0.2) is 7.05 Å². The van der Waals surface area contributed by atoms with Gasteiger partial charge in [-0.05, 0) is 38.1 Å². The second kappa shape index (κ2) is 4.63. The maximum Gasteiger partial charge on any atom is 0.0531 e. The van der Waals surface area contributed by atoms with Crippen molar-refractivity contribution in [2.24, 2.45) is 0 Å². The van der Waals surface area contributed by atoms with Crippen molar-refractivity contribution in [3.05, 3.63) is 46.5 Å². The van der Waals surface area contributed by atoms with E-state index in [4.69, 9.17) is 11.6 Å². The lowest BCUT2D eigenvalue weighted by Gasteiger charge is -2.19. The van der Waals surface area contributed by atoms with E-state index in [-0.39, 0.29) is 6.04 Å². The van der Waals surface area contributed by atoms with E-state index in [2.05, 4.69) is 18.0 Å². The summed E-state index contributed by atoms with van der Waals surface area (Å²) in [6.45, 7) is 8.02. The van der Waals surface area contributed by atoms with Crippen LogP contribution in [0.15, 0.2) is 30.4 Å². The Balaban J connectivity index is 3.16. The molecule has 0 radical (unpaired) electrons. The van der Waals surface area contributed by atoms with E-state index >= 15 is 0 Å². The summed E-state index contributed by atoms with van der Waals surface area (Å²) < 4.78 is 0. The topological polar surface area (TPSA) is 12.0 Å². The third-order valence-electron chi connectivity index (χ3n) is 2.40. The van der Waals surface area contributed by atoms with Gasteiger partial charge in [0.1, 0.15) is 0 Å². The van der Waals surface area contributed by atoms with Crippen molar-refractivity contribution < 1.29 is 0 Å². The molecule has 0 aliphatic heterocycles. The van der Waals surface area contributed by atoms with Crippen molar-refractivity contribution in [2.45, 2.75) is 19.9 Å². The SMILES string of the molecule is C=C(C)C(NC)c1cccc(Cl)c1C. The van der Waals surface area contributed by atoms with Crippen LogP contribution in [0.2, 0.25) is 5.02 Å². The Morgan fingerprint density at radius 2 is 2.14 bits per heavy atom. The molecule has 0 amide bonds. The van der Waals surface area contributed by atoms with Gasteiger partial charge < -0.3 is 5.32 Å². The molecule has 1 nitrogen and oxygen atoms in total. The fraction of sp³-hybridized carbons (Fsp3) is 0.333. The van der Waals surface area contributed by atoms with Crippen LogP contribution < -0.4 is 5.32 Å². The lowest BCUT2D eigenvalue weighted by Crippen LogP contribution is -2.18. The molecule has 0 fully saturated rings. The minimum absolute atomic E-state index is 0.189. The van der Waals surface area contributed by atoms with Gasteiger partial charge in [0.05, 0.1) is 6.04 Å². The van der Waals surface area contributed by atoms with Crippen molar-refractivity contribution in [1.82, 2.24) is 5.32 Å². The molecule has 0 saturated carbocycles. The molecule has 2 heteroatoms. The molecule has 0 heterocycles. The Labute approximate surface area is 90.8 Å². The van der Waals surface area contributed by atoms with Crippen LogP contribution in [0.3, 0.4) is 0 Å². The Morgan fingerprint density at radius 1 is 1.50 bits per heavy atom. The smallest absolute Gasteiger partial charge is 0.0531 e. The highest BCUT2D eigenvalue weighted by atomic mass is 35.5. The molecule has 0 aromatic heterocycles. The minimum Gasteiger partial charge on any atom is -0.310 e. The average Bonchev–Trinajstić information content (AvgIpc) is 2.13. The quantitative estimate of drug-likeness (QED) is 0.752. The van der Waals surface area contributed by atoms with Crippen molar-refractivity contribution >= 4 is 11.6 Å². The van der Waals surface area contributed by atoms with Gasteiger partial charge in [-0.2, -0.15) is 0 Å². The monoisotopic (exact) mass is 209 g/mol. The van der Waals surface area contributed by atoms with Crippen molar-refractivity contribution in [3.8, 4) is 0 Å². The standard InChI is InChI=1S/C12H16ClN/c1-8(2)12(14-4)10-6-5-7-11(13)9(10)3/h5-7,12,14H,1H2,2-4H3. The van der Waals surface area contributed by atoms with E-state index in [0.29, 0.717) is 0 Å². The highest BCUT2D eigenvalue weighted by molar-refractivity contribution is 6.31. The Hall–Kier alpha value is -0.790. The molecule has 0 bridgehead atoms. The molecule has 14 heavy (non-hydrogen) atoms. The predicted octanol–water partition coefficient (Wildman–Crippen LogP) is 3.49. The van der Waals surface area contributed by atoms with Crippen LogP contribution in [-0.2, 0) is 0 Å². The first-order valence-corrected chi connectivity index (χ1v) is 5.03. The van der Waals surface area contributed by atoms with E-state index in [1.807, 2.05) is 33.0 Å². The summed E-state index contributed by atoms with van der Waals surface area (Å²) in [4.78, 5) is 0. The molecule has 1 unspecified atom stereocenters. The second-order valence-electron chi connectivity index (χ2n) is 3.52. The normalized spacial score (nSPS) is 12.6. The zero-order valence-electron chi connectivity index (χ0n) is 8.89. The van der Waals surface area contributed by atoms with E-state index in [1.165, 1.54) is 5.56 Å². The lowest BCUT2D eigenvalue weighted by molar-refractivity contribution is 0.676. The first-order valence-electron chi connectivity index (χ1n) is 4.65. The van der Waals surface area contributed by atoms with Crippen LogP contribution in [0.25, 0.3) is 0 Å². The number of benzene rings is 1. The van der Waals surface area contributed by atoms with Crippen molar-refractivity contribution in [2.75, 3.05) is 7.05 Å². The number of halogens is 1. The summed E-state index contributed by atoms with van der Waals surface area (Å²) in [5.41, 5.74) is 3.42. The zero-order chi connectivity index (χ0) is 10.7. The number of hydrogen-bond acceptors (Lipinski definition) is 1. The molecule has 0 aliphatic rings. The van der Waals surface area contributed by atoms with Crippen LogP contribution in [0, 0.1) is 6.92 Å². The molecule has 1 N–H and O–H groups in total. The van der Waals surface area contributed by atoms with Crippen molar-refractivity contribution in [3.63, 3.8) is 0 Å². The molecule has 1 atom stereocenters. The Kier molecular flexibility index (Phi) is 3.73. The van der Waals surface area contributed by atoms with Gasteiger partial charge in [0.2, 0.25) is 0 Å². The molecular formula is C12H16ClN. The van der Waals surface area contributed by atoms with E-state index in [1.54, 1.807) is 0 Å². The summed E-state index contributed by atoms with van der Waals surface area (Å²) in [6, 6.07) is 6.15. The Morgan fingerprint density at radius 3 is 2.64 bits per heavy atom. The molecule has 0 spiro atoms. The number of nitrogens with one attached hydrogen (secondary N) is 1. The van der Waals surface area contributed by atoms with Gasteiger partial charge >= 0.3 is 0 Å². The van der Waals surface area contributed by atoms with Crippen LogP contribution in [0.5, 0.6) is 0 Å². The summed E-state index contributed by atoms with van der Waals surface area (Å²) in [6.07, 6.45) is 0. The molecule has 0 saturated heterocycles. The van der Waals surface area contributed by atoms with Gasteiger partial charge in [0, 0.05) is 5.02 Å². The molecule has 76 valence electrons. The highest BCUT2D eigenvalue weighted by Gasteiger charge is 2.13. The summed E-state index contributed by atoms with van der Waals surface area (Å²) >= 11 is 6.06. The number of hydrogen-bond donors (Lipinski definition) is 1. The van der Waals surface area contributed by atoms with Crippen LogP contribution >= 0.6 is 11.6 Å². The van der Waals surface area contributed by atoms with E-state index in [9.17, 15) is 0 Å². The van der Waals surface area contributed by atoms with Crippen LogP contribution in [0.4, 0.5) is 0 Å². The molecule has 0 aliphatic carbocycles. The summed E-state index contributed by atoms with van der Waals surface area (Å²) in [5.74, 6) is 0. The number of rotatable bonds is 3. The third kappa shape index (κ3) is 2.17. The first kappa shape index (κ1) is 11.3. The summed E-state index contributed by atoms with van der Waals surface area (Å²) in [7, 11) is 1.93. The number of likely N-dealkylation sites (N-methyl/N-ethyl adjacent to an activating group) is 1. The zero-order valence-corrected chi connectivity index (χ0v) is 9.65. The van der Waals surface area contributed by atoms with Gasteiger partial charge in [0.25, 0.3) is 0 Å². The lowest BCUT2D eigenvalue weighted by atomic mass is 9.97. The summed E-state index contributed by atoms with van der Waals surface area (Å²) in [5, 5.41) is 4.04. The van der Waals surface area contributed by atoms with Gasteiger partial charge in [-0.1, -0.05) is 35.9 Å². The van der Waals surface area contributed by atoms with Gasteiger partial charge in [-0.15, -0.1) is 0 Å². The largest absolute Gasteiger partial charge is 0.310 e. The maximum absolute atomic E-state index is 6.06. The first-order chi connectivity index (χ1) is 6.57. The second-order valence-corrected chi connectivity index (χ2v) is 3.93. The molecular weight excluding hydrogens is 194 g/mol. The third-order valence-corrected chi connectivity index (χ3v) is 2.81. The molecule has 1 aromatic rings. The predicted molar refractivity (Wildman–Crippen MR) is 62.8 cm³/mol. The maximum atomic E-state index is 6.06. The van der Waals surface area contributed by atoms with E-state index < -0.39 is 0 Å². The fourth-order valence-electron chi connectivity index (χ4n) is 1.60. The minimum atomic E-state index is 0.189. The average molecular weight is 210 g/mol. The van der Waals surface area contributed by atoms with Gasteiger partial charge in [-0.3, -0.25) is 0 Å². The van der Waals surface area contributed by atoms with Gasteiger partial charge in [0.15, 0.2) is 0 Å². The molecule has 1 aromatic carbocycles. The van der Waals surface area contributed by atoms with Crippen molar-refractivity contribution in [1.29, 1.82) is 0 Å². The molecule has 1 rings (SSSR count). The highest BCUT2D eigenvalue weighted by Crippen LogP contribution is 2.27. The van der Waals surface area contributed by atoms with Gasteiger partial charge in [-0.25, -0.2) is 0 Å². The van der Waals surface area contributed by atoms with E-state index in [0.717, 1.165) is 16.2 Å². The fourth-order valence-corrected chi connectivity index (χ4v) is 1.79.